The van der Waals surface area contributed by atoms with Gasteiger partial charge in [0.15, 0.2) is 15.9 Å². The molecule has 2 aromatic rings. The predicted molar refractivity (Wildman–Crippen MR) is 102 cm³/mol. The van der Waals surface area contributed by atoms with E-state index < -0.39 is 15.9 Å². The molecule has 1 aliphatic heterocycles. The number of aryl methyl sites for hydroxylation is 2. The van der Waals surface area contributed by atoms with Gasteiger partial charge in [-0.3, -0.25) is 4.79 Å². The molecule has 1 aromatic carbocycles. The zero-order chi connectivity index (χ0) is 19.6. The predicted octanol–water partition coefficient (Wildman–Crippen LogP) is 2.88. The highest BCUT2D eigenvalue weighted by atomic mass is 32.2. The van der Waals surface area contributed by atoms with Crippen LogP contribution in [0.2, 0.25) is 0 Å². The minimum absolute atomic E-state index is 0.0180. The molecule has 0 spiro atoms. The van der Waals surface area contributed by atoms with Crippen LogP contribution in [0.1, 0.15) is 30.2 Å². The van der Waals surface area contributed by atoms with E-state index in [1.54, 1.807) is 30.2 Å². The van der Waals surface area contributed by atoms with E-state index >= 15 is 0 Å². The molecule has 0 unspecified atom stereocenters. The van der Waals surface area contributed by atoms with Crippen LogP contribution in [-0.2, 0) is 21.2 Å². The fraction of sp³-hybridized carbons (Fsp3) is 0.450. The number of hydrogen-bond donors (Lipinski definition) is 0. The second-order valence-electron chi connectivity index (χ2n) is 7.11. The molecule has 0 radical (unpaired) electrons. The van der Waals surface area contributed by atoms with Gasteiger partial charge in [0.2, 0.25) is 0 Å². The summed E-state index contributed by atoms with van der Waals surface area (Å²) in [5, 5.41) is 0. The second kappa shape index (κ2) is 7.76. The van der Waals surface area contributed by atoms with Gasteiger partial charge in [-0.1, -0.05) is 6.07 Å². The van der Waals surface area contributed by atoms with Gasteiger partial charge < -0.3 is 14.1 Å². The number of rotatable bonds is 6. The minimum Gasteiger partial charge on any atom is -0.481 e. The van der Waals surface area contributed by atoms with Crippen molar-refractivity contribution in [3.8, 4) is 5.75 Å². The third kappa shape index (κ3) is 4.71. The molecular formula is C20H25NO5S. The van der Waals surface area contributed by atoms with Crippen LogP contribution in [0.5, 0.6) is 5.75 Å². The second-order valence-corrected chi connectivity index (χ2v) is 9.34. The van der Waals surface area contributed by atoms with Gasteiger partial charge in [0, 0.05) is 6.04 Å². The van der Waals surface area contributed by atoms with Gasteiger partial charge >= 0.3 is 0 Å². The molecule has 2 atom stereocenters. The molecule has 1 amide bonds. The molecule has 0 aliphatic carbocycles. The molecule has 1 aromatic heterocycles. The van der Waals surface area contributed by atoms with Gasteiger partial charge in [0.25, 0.3) is 5.91 Å². The van der Waals surface area contributed by atoms with Crippen molar-refractivity contribution in [3.63, 3.8) is 0 Å². The Labute approximate surface area is 160 Å². The third-order valence-electron chi connectivity index (χ3n) is 4.98. The van der Waals surface area contributed by atoms with Gasteiger partial charge in [-0.25, -0.2) is 8.42 Å². The molecule has 3 rings (SSSR count). The van der Waals surface area contributed by atoms with Crippen LogP contribution >= 0.6 is 0 Å². The van der Waals surface area contributed by atoms with E-state index in [9.17, 15) is 13.2 Å². The van der Waals surface area contributed by atoms with Crippen molar-refractivity contribution in [1.29, 1.82) is 0 Å². The van der Waals surface area contributed by atoms with Crippen molar-refractivity contribution in [3.05, 3.63) is 53.5 Å². The van der Waals surface area contributed by atoms with Gasteiger partial charge in [0.05, 0.1) is 24.3 Å². The number of sulfone groups is 1. The lowest BCUT2D eigenvalue weighted by molar-refractivity contribution is -0.140. The highest BCUT2D eigenvalue weighted by Gasteiger charge is 2.37. The monoisotopic (exact) mass is 391 g/mol. The summed E-state index contributed by atoms with van der Waals surface area (Å²) in [7, 11) is -3.11. The Morgan fingerprint density at radius 2 is 2.07 bits per heavy atom. The Morgan fingerprint density at radius 3 is 2.67 bits per heavy atom. The van der Waals surface area contributed by atoms with Crippen LogP contribution in [0.4, 0.5) is 0 Å². The van der Waals surface area contributed by atoms with Crippen LogP contribution in [0.15, 0.2) is 41.0 Å². The van der Waals surface area contributed by atoms with Gasteiger partial charge in [-0.05, 0) is 62.6 Å². The summed E-state index contributed by atoms with van der Waals surface area (Å²) < 4.78 is 35.0. The number of amides is 1. The Kier molecular flexibility index (Phi) is 5.60. The fourth-order valence-electron chi connectivity index (χ4n) is 3.25. The van der Waals surface area contributed by atoms with E-state index in [4.69, 9.17) is 9.15 Å². The average molecular weight is 391 g/mol. The summed E-state index contributed by atoms with van der Waals surface area (Å²) in [5.41, 5.74) is 2.23. The quantitative estimate of drug-likeness (QED) is 0.757. The van der Waals surface area contributed by atoms with Crippen molar-refractivity contribution in [2.24, 2.45) is 0 Å². The van der Waals surface area contributed by atoms with E-state index in [0.29, 0.717) is 17.9 Å². The third-order valence-corrected chi connectivity index (χ3v) is 6.73. The molecule has 6 nitrogen and oxygen atoms in total. The molecule has 1 fully saturated rings. The molecule has 7 heteroatoms. The largest absolute Gasteiger partial charge is 0.481 e. The summed E-state index contributed by atoms with van der Waals surface area (Å²) in [6, 6.07) is 8.85. The summed E-state index contributed by atoms with van der Waals surface area (Å²) in [4.78, 5) is 14.7. The number of nitrogens with zero attached hydrogens (tertiary/aromatic N) is 1. The number of furan rings is 1. The molecule has 146 valence electrons. The standard InChI is InChI=1S/C20H25NO5S/c1-14-6-7-18(11-15(14)2)26-16(3)20(22)21(12-19-5-4-9-25-19)17-8-10-27(23,24)13-17/h4-7,9,11,16-17H,8,10,12-13H2,1-3H3/t16-,17-/m1/s1. The summed E-state index contributed by atoms with van der Waals surface area (Å²) in [6.07, 6.45) is 1.24. The average Bonchev–Trinajstić information content (AvgIpc) is 3.24. The van der Waals surface area contributed by atoms with E-state index in [-0.39, 0.29) is 30.0 Å². The summed E-state index contributed by atoms with van der Waals surface area (Å²) >= 11 is 0. The van der Waals surface area contributed by atoms with E-state index in [1.165, 1.54) is 0 Å². The molecule has 1 aliphatic rings. The highest BCUT2D eigenvalue weighted by molar-refractivity contribution is 7.91. The smallest absolute Gasteiger partial charge is 0.264 e. The first-order chi connectivity index (χ1) is 12.7. The first kappa shape index (κ1) is 19.5. The van der Waals surface area contributed by atoms with Crippen molar-refractivity contribution in [1.82, 2.24) is 4.90 Å². The normalized spacial score (nSPS) is 19.6. The number of carbonyl (C=O) groups is 1. The summed E-state index contributed by atoms with van der Waals surface area (Å²) in [6.45, 7) is 5.92. The van der Waals surface area contributed by atoms with E-state index in [2.05, 4.69) is 0 Å². The number of hydrogen-bond acceptors (Lipinski definition) is 5. The van der Waals surface area contributed by atoms with Crippen LogP contribution in [0.3, 0.4) is 0 Å². The maximum absolute atomic E-state index is 13.1. The Balaban J connectivity index is 1.77. The van der Waals surface area contributed by atoms with Crippen molar-refractivity contribution in [2.75, 3.05) is 11.5 Å². The first-order valence-electron chi connectivity index (χ1n) is 9.02. The van der Waals surface area contributed by atoms with E-state index in [1.807, 2.05) is 32.0 Å². The lowest BCUT2D eigenvalue weighted by Crippen LogP contribution is -2.46. The summed E-state index contributed by atoms with van der Waals surface area (Å²) in [5.74, 6) is 1.08. The maximum atomic E-state index is 13.1. The zero-order valence-corrected chi connectivity index (χ0v) is 16.7. The highest BCUT2D eigenvalue weighted by Crippen LogP contribution is 2.23. The zero-order valence-electron chi connectivity index (χ0n) is 15.8. The van der Waals surface area contributed by atoms with Gasteiger partial charge in [0.1, 0.15) is 11.5 Å². The molecule has 0 saturated carbocycles. The SMILES string of the molecule is Cc1ccc(O[C@H](C)C(=O)N(Cc2ccco2)[C@@H]2CCS(=O)(=O)C2)cc1C. The molecule has 0 bridgehead atoms. The van der Waals surface area contributed by atoms with Crippen molar-refractivity contribution < 1.29 is 22.4 Å². The number of benzene rings is 1. The van der Waals surface area contributed by atoms with E-state index in [0.717, 1.165) is 11.1 Å². The number of carbonyl (C=O) groups excluding carboxylic acids is 1. The van der Waals surface area contributed by atoms with Gasteiger partial charge in [-0.2, -0.15) is 0 Å². The Morgan fingerprint density at radius 1 is 1.30 bits per heavy atom. The lowest BCUT2D eigenvalue weighted by atomic mass is 10.1. The van der Waals surface area contributed by atoms with Crippen molar-refractivity contribution in [2.45, 2.75) is 45.9 Å². The van der Waals surface area contributed by atoms with Crippen LogP contribution in [-0.4, -0.2) is 42.9 Å². The van der Waals surface area contributed by atoms with Crippen LogP contribution in [0.25, 0.3) is 0 Å². The molecule has 2 heterocycles. The molecule has 0 N–H and O–H groups in total. The van der Waals surface area contributed by atoms with Crippen LogP contribution < -0.4 is 4.74 Å². The first-order valence-corrected chi connectivity index (χ1v) is 10.8. The number of ether oxygens (including phenoxy) is 1. The fourth-order valence-corrected chi connectivity index (χ4v) is 4.98. The van der Waals surface area contributed by atoms with Crippen molar-refractivity contribution >= 4 is 15.7 Å². The van der Waals surface area contributed by atoms with Crippen LogP contribution in [0, 0.1) is 13.8 Å². The lowest BCUT2D eigenvalue weighted by Gasteiger charge is -2.30. The van der Waals surface area contributed by atoms with Gasteiger partial charge in [-0.15, -0.1) is 0 Å². The maximum Gasteiger partial charge on any atom is 0.264 e. The molecule has 1 saturated heterocycles. The topological polar surface area (TPSA) is 76.8 Å². The molecular weight excluding hydrogens is 366 g/mol. The Bertz CT molecular complexity index is 904. The Hall–Kier alpha value is -2.28. The minimum atomic E-state index is -3.11. The molecule has 27 heavy (non-hydrogen) atoms.